The van der Waals surface area contributed by atoms with Gasteiger partial charge in [0.1, 0.15) is 0 Å². The summed E-state index contributed by atoms with van der Waals surface area (Å²) >= 11 is -2.36. The lowest BCUT2D eigenvalue weighted by molar-refractivity contribution is 0.564. The zero-order chi connectivity index (χ0) is 16.3. The number of rotatable bonds is 5. The van der Waals surface area contributed by atoms with Crippen LogP contribution in [0.2, 0.25) is 0 Å². The van der Waals surface area contributed by atoms with Crippen molar-refractivity contribution in [2.75, 3.05) is 15.3 Å². The summed E-state index contributed by atoms with van der Waals surface area (Å²) in [5, 5.41) is 0. The summed E-state index contributed by atoms with van der Waals surface area (Å²) in [6.07, 6.45) is 1.03. The van der Waals surface area contributed by atoms with Crippen molar-refractivity contribution in [1.82, 2.24) is 0 Å². The Morgan fingerprint density at radius 2 is 1.59 bits per heavy atom. The van der Waals surface area contributed by atoms with E-state index in [1.807, 2.05) is 19.1 Å². The SMILES string of the molecule is Cc1ccccc1N(c1ccccc1NS(C)(=O)=O)S(=O)O. The Hall–Kier alpha value is -1.90. The van der Waals surface area contributed by atoms with Gasteiger partial charge in [0.15, 0.2) is 0 Å². The van der Waals surface area contributed by atoms with E-state index < -0.39 is 21.3 Å². The van der Waals surface area contributed by atoms with E-state index >= 15 is 0 Å². The molecule has 1 atom stereocenters. The number of hydrogen-bond acceptors (Lipinski definition) is 3. The minimum atomic E-state index is -3.51. The molecule has 2 N–H and O–H groups in total. The quantitative estimate of drug-likeness (QED) is 0.819. The molecule has 22 heavy (non-hydrogen) atoms. The highest BCUT2D eigenvalue weighted by molar-refractivity contribution is 7.92. The molecular formula is C14H16N2O4S2. The molecule has 0 heterocycles. The number of sulfonamides is 1. The first kappa shape index (κ1) is 16.5. The third-order valence-corrected chi connectivity index (χ3v) is 4.21. The lowest BCUT2D eigenvalue weighted by Crippen LogP contribution is -2.22. The number of aryl methyl sites for hydroxylation is 1. The Labute approximate surface area is 132 Å². The van der Waals surface area contributed by atoms with Crippen LogP contribution in [-0.2, 0) is 21.3 Å². The minimum absolute atomic E-state index is 0.232. The van der Waals surface area contributed by atoms with Crippen LogP contribution in [0.4, 0.5) is 17.1 Å². The molecule has 0 saturated heterocycles. The summed E-state index contributed by atoms with van der Waals surface area (Å²) in [4.78, 5) is 0. The van der Waals surface area contributed by atoms with Crippen LogP contribution in [0.25, 0.3) is 0 Å². The molecule has 8 heteroatoms. The fraction of sp³-hybridized carbons (Fsp3) is 0.143. The average molecular weight is 340 g/mol. The summed E-state index contributed by atoms with van der Waals surface area (Å²) in [6.45, 7) is 1.81. The maximum atomic E-state index is 11.8. The normalized spacial score (nSPS) is 12.7. The lowest BCUT2D eigenvalue weighted by atomic mass is 10.2. The van der Waals surface area contributed by atoms with Gasteiger partial charge in [0.05, 0.1) is 23.3 Å². The molecule has 0 spiro atoms. The Kier molecular flexibility index (Phi) is 4.84. The molecule has 0 aromatic heterocycles. The molecule has 2 aromatic carbocycles. The highest BCUT2D eigenvalue weighted by Gasteiger charge is 2.20. The summed E-state index contributed by atoms with van der Waals surface area (Å²) in [6, 6.07) is 13.5. The van der Waals surface area contributed by atoms with Crippen LogP contribution in [0.5, 0.6) is 0 Å². The van der Waals surface area contributed by atoms with Crippen LogP contribution in [0.15, 0.2) is 48.5 Å². The molecule has 0 bridgehead atoms. The van der Waals surface area contributed by atoms with Gasteiger partial charge in [-0.25, -0.2) is 16.9 Å². The lowest BCUT2D eigenvalue weighted by Gasteiger charge is -2.24. The van der Waals surface area contributed by atoms with Crippen molar-refractivity contribution in [1.29, 1.82) is 0 Å². The maximum Gasteiger partial charge on any atom is 0.266 e. The minimum Gasteiger partial charge on any atom is -0.289 e. The van der Waals surface area contributed by atoms with E-state index in [0.29, 0.717) is 11.4 Å². The second kappa shape index (κ2) is 6.47. The second-order valence-corrected chi connectivity index (χ2v) is 7.28. The Bertz CT molecular complexity index is 806. The van der Waals surface area contributed by atoms with Crippen LogP contribution in [0.3, 0.4) is 0 Å². The van der Waals surface area contributed by atoms with Crippen LogP contribution >= 0.6 is 0 Å². The van der Waals surface area contributed by atoms with Gasteiger partial charge in [-0.15, -0.1) is 0 Å². The van der Waals surface area contributed by atoms with Gasteiger partial charge in [-0.05, 0) is 30.7 Å². The van der Waals surface area contributed by atoms with Crippen LogP contribution in [0.1, 0.15) is 5.56 Å². The van der Waals surface area contributed by atoms with Crippen molar-refractivity contribution >= 4 is 38.4 Å². The Morgan fingerprint density at radius 3 is 2.14 bits per heavy atom. The number of anilines is 3. The van der Waals surface area contributed by atoms with E-state index in [0.717, 1.165) is 11.8 Å². The first-order chi connectivity index (χ1) is 10.3. The van der Waals surface area contributed by atoms with Crippen molar-refractivity contribution in [3.05, 3.63) is 54.1 Å². The smallest absolute Gasteiger partial charge is 0.266 e. The maximum absolute atomic E-state index is 11.8. The molecule has 0 aliphatic rings. The highest BCUT2D eigenvalue weighted by Crippen LogP contribution is 2.35. The first-order valence-corrected chi connectivity index (χ1v) is 9.28. The van der Waals surface area contributed by atoms with Gasteiger partial charge in [0.25, 0.3) is 11.3 Å². The number of nitrogens with one attached hydrogen (secondary N) is 1. The molecule has 6 nitrogen and oxygen atoms in total. The molecule has 2 aromatic rings. The summed E-state index contributed by atoms with van der Waals surface area (Å²) in [7, 11) is -3.51. The molecule has 0 fully saturated rings. The molecule has 0 aliphatic heterocycles. The second-order valence-electron chi connectivity index (χ2n) is 4.70. The van der Waals surface area contributed by atoms with Gasteiger partial charge in [0, 0.05) is 0 Å². The molecule has 118 valence electrons. The Balaban J connectivity index is 2.60. The summed E-state index contributed by atoms with van der Waals surface area (Å²) in [5.41, 5.74) is 1.84. The zero-order valence-electron chi connectivity index (χ0n) is 12.1. The average Bonchev–Trinajstić information content (AvgIpc) is 2.41. The molecule has 0 amide bonds. The third kappa shape index (κ3) is 3.85. The van der Waals surface area contributed by atoms with E-state index in [-0.39, 0.29) is 5.69 Å². The predicted octanol–water partition coefficient (Wildman–Crippen LogP) is 2.64. The van der Waals surface area contributed by atoms with E-state index in [1.165, 1.54) is 10.4 Å². The summed E-state index contributed by atoms with van der Waals surface area (Å²) < 4.78 is 48.0. The van der Waals surface area contributed by atoms with Gasteiger partial charge in [-0.1, -0.05) is 30.3 Å². The fourth-order valence-corrected chi connectivity index (χ4v) is 3.30. The van der Waals surface area contributed by atoms with Gasteiger partial charge in [-0.3, -0.25) is 9.27 Å². The van der Waals surface area contributed by atoms with Crippen molar-refractivity contribution in [3.63, 3.8) is 0 Å². The predicted molar refractivity (Wildman–Crippen MR) is 89.0 cm³/mol. The van der Waals surface area contributed by atoms with Crippen molar-refractivity contribution in [2.24, 2.45) is 0 Å². The van der Waals surface area contributed by atoms with E-state index in [4.69, 9.17) is 0 Å². The van der Waals surface area contributed by atoms with Gasteiger partial charge in [-0.2, -0.15) is 0 Å². The molecule has 0 radical (unpaired) electrons. The van der Waals surface area contributed by atoms with E-state index in [2.05, 4.69) is 4.72 Å². The molecule has 1 unspecified atom stereocenters. The number of para-hydroxylation sites is 3. The zero-order valence-corrected chi connectivity index (χ0v) is 13.7. The third-order valence-electron chi connectivity index (χ3n) is 2.91. The number of hydrogen-bond donors (Lipinski definition) is 2. The van der Waals surface area contributed by atoms with Gasteiger partial charge >= 0.3 is 0 Å². The standard InChI is InChI=1S/C14H16N2O4S2/c1-11-7-3-5-9-13(11)16(21(17)18)14-10-6-4-8-12(14)15-22(2,19)20/h3-10,15H,1-2H3,(H,17,18). The van der Waals surface area contributed by atoms with E-state index in [9.17, 15) is 17.2 Å². The van der Waals surface area contributed by atoms with Crippen molar-refractivity contribution in [3.8, 4) is 0 Å². The Morgan fingerprint density at radius 1 is 1.05 bits per heavy atom. The first-order valence-electron chi connectivity index (χ1n) is 6.33. The fourth-order valence-electron chi connectivity index (χ4n) is 2.03. The van der Waals surface area contributed by atoms with Crippen LogP contribution in [0, 0.1) is 6.92 Å². The molecular weight excluding hydrogens is 324 g/mol. The summed E-state index contributed by atoms with van der Waals surface area (Å²) in [5.74, 6) is 0. The van der Waals surface area contributed by atoms with Crippen molar-refractivity contribution in [2.45, 2.75) is 6.92 Å². The topological polar surface area (TPSA) is 86.7 Å². The van der Waals surface area contributed by atoms with Crippen LogP contribution in [-0.4, -0.2) is 23.4 Å². The highest BCUT2D eigenvalue weighted by atomic mass is 32.2. The van der Waals surface area contributed by atoms with Gasteiger partial charge in [0.2, 0.25) is 10.0 Å². The number of nitrogens with zero attached hydrogens (tertiary/aromatic N) is 1. The van der Waals surface area contributed by atoms with Crippen molar-refractivity contribution < 1.29 is 17.2 Å². The molecule has 0 aliphatic carbocycles. The van der Waals surface area contributed by atoms with Gasteiger partial charge < -0.3 is 0 Å². The number of benzene rings is 2. The molecule has 0 saturated carbocycles. The van der Waals surface area contributed by atoms with Crippen LogP contribution < -0.4 is 9.03 Å². The largest absolute Gasteiger partial charge is 0.289 e. The van der Waals surface area contributed by atoms with E-state index in [1.54, 1.807) is 30.3 Å². The molecule has 2 rings (SSSR count). The monoisotopic (exact) mass is 340 g/mol.